The van der Waals surface area contributed by atoms with Crippen LogP contribution in [0, 0.1) is 0 Å². The van der Waals surface area contributed by atoms with Crippen molar-refractivity contribution in [2.45, 2.75) is 24.3 Å². The largest absolute Gasteiger partial charge is 0.478 e. The first-order chi connectivity index (χ1) is 9.45. The van der Waals surface area contributed by atoms with E-state index in [0.29, 0.717) is 13.2 Å². The third kappa shape index (κ3) is 3.00. The van der Waals surface area contributed by atoms with E-state index in [0.717, 1.165) is 6.42 Å². The second-order valence-corrected chi connectivity index (χ2v) is 6.54. The quantitative estimate of drug-likeness (QED) is 0.902. The number of benzene rings is 1. The molecule has 0 saturated carbocycles. The van der Waals surface area contributed by atoms with Crippen LogP contribution in [0.1, 0.15) is 23.7 Å². The number of carboxylic acids is 1. The van der Waals surface area contributed by atoms with Gasteiger partial charge in [-0.3, -0.25) is 0 Å². The fourth-order valence-electron chi connectivity index (χ4n) is 2.10. The zero-order chi connectivity index (χ0) is 14.8. The molecule has 1 aromatic rings. The summed E-state index contributed by atoms with van der Waals surface area (Å²) < 4.78 is 31.8. The number of morpholine rings is 1. The van der Waals surface area contributed by atoms with Crippen LogP contribution in [-0.2, 0) is 14.8 Å². The van der Waals surface area contributed by atoms with Gasteiger partial charge in [-0.1, -0.05) is 13.0 Å². The summed E-state index contributed by atoms with van der Waals surface area (Å²) in [6, 6.07) is 5.41. The van der Waals surface area contributed by atoms with Gasteiger partial charge in [0.25, 0.3) is 0 Å². The van der Waals surface area contributed by atoms with Crippen molar-refractivity contribution in [3.8, 4) is 0 Å². The van der Waals surface area contributed by atoms with Crippen molar-refractivity contribution in [2.75, 3.05) is 19.7 Å². The van der Waals surface area contributed by atoms with Gasteiger partial charge in [0.15, 0.2) is 0 Å². The highest BCUT2D eigenvalue weighted by atomic mass is 32.2. The molecule has 6 nitrogen and oxygen atoms in total. The van der Waals surface area contributed by atoms with Gasteiger partial charge in [0.2, 0.25) is 10.0 Å². The van der Waals surface area contributed by atoms with Gasteiger partial charge in [0, 0.05) is 13.1 Å². The number of nitrogens with zero attached hydrogens (tertiary/aromatic N) is 1. The molecule has 0 spiro atoms. The molecule has 1 aliphatic rings. The Morgan fingerprint density at radius 1 is 1.50 bits per heavy atom. The van der Waals surface area contributed by atoms with E-state index < -0.39 is 16.0 Å². The minimum absolute atomic E-state index is 0.00848. The van der Waals surface area contributed by atoms with Gasteiger partial charge in [-0.25, -0.2) is 13.2 Å². The van der Waals surface area contributed by atoms with E-state index in [1.165, 1.54) is 28.6 Å². The van der Waals surface area contributed by atoms with E-state index in [4.69, 9.17) is 9.84 Å². The highest BCUT2D eigenvalue weighted by Gasteiger charge is 2.30. The van der Waals surface area contributed by atoms with Crippen molar-refractivity contribution >= 4 is 16.0 Å². The molecule has 1 aliphatic heterocycles. The fraction of sp³-hybridized carbons (Fsp3) is 0.462. The lowest BCUT2D eigenvalue weighted by Gasteiger charge is -2.31. The van der Waals surface area contributed by atoms with E-state index in [9.17, 15) is 13.2 Å². The molecule has 110 valence electrons. The topological polar surface area (TPSA) is 83.9 Å². The summed E-state index contributed by atoms with van der Waals surface area (Å²) in [6.45, 7) is 2.88. The SMILES string of the molecule is CC[C@H]1CN(S(=O)(=O)c2cccc(C(=O)O)c2)CCO1. The van der Waals surface area contributed by atoms with Gasteiger partial charge in [0.1, 0.15) is 0 Å². The smallest absolute Gasteiger partial charge is 0.335 e. The lowest BCUT2D eigenvalue weighted by Crippen LogP contribution is -2.45. The van der Waals surface area contributed by atoms with Crippen LogP contribution >= 0.6 is 0 Å². The van der Waals surface area contributed by atoms with Crippen LogP contribution in [0.25, 0.3) is 0 Å². The first-order valence-corrected chi connectivity index (χ1v) is 7.84. The summed E-state index contributed by atoms with van der Waals surface area (Å²) >= 11 is 0. The van der Waals surface area contributed by atoms with E-state index in [1.807, 2.05) is 6.92 Å². The third-order valence-electron chi connectivity index (χ3n) is 3.28. The zero-order valence-electron chi connectivity index (χ0n) is 11.2. The number of ether oxygens (including phenoxy) is 1. The Morgan fingerprint density at radius 2 is 2.25 bits per heavy atom. The van der Waals surface area contributed by atoms with Gasteiger partial charge < -0.3 is 9.84 Å². The molecule has 2 rings (SSSR count). The highest BCUT2D eigenvalue weighted by molar-refractivity contribution is 7.89. The zero-order valence-corrected chi connectivity index (χ0v) is 12.0. The maximum Gasteiger partial charge on any atom is 0.335 e. The Bertz CT molecular complexity index is 599. The minimum atomic E-state index is -3.67. The number of rotatable bonds is 4. The Labute approximate surface area is 118 Å². The third-order valence-corrected chi connectivity index (χ3v) is 5.14. The normalized spacial score (nSPS) is 20.8. The lowest BCUT2D eigenvalue weighted by atomic mass is 10.2. The van der Waals surface area contributed by atoms with Gasteiger partial charge in [-0.15, -0.1) is 0 Å². The second-order valence-electron chi connectivity index (χ2n) is 4.60. The maximum absolute atomic E-state index is 12.5. The fourth-order valence-corrected chi connectivity index (χ4v) is 3.60. The van der Waals surface area contributed by atoms with Crippen LogP contribution in [0.4, 0.5) is 0 Å². The van der Waals surface area contributed by atoms with Gasteiger partial charge in [-0.05, 0) is 24.6 Å². The van der Waals surface area contributed by atoms with Crippen molar-refractivity contribution in [3.63, 3.8) is 0 Å². The summed E-state index contributed by atoms with van der Waals surface area (Å²) in [6.07, 6.45) is 0.627. The first kappa shape index (κ1) is 15.0. The first-order valence-electron chi connectivity index (χ1n) is 6.40. The van der Waals surface area contributed by atoms with Crippen LogP contribution in [-0.4, -0.2) is 49.6 Å². The molecule has 7 heteroatoms. The second kappa shape index (κ2) is 5.90. The van der Waals surface area contributed by atoms with Crippen LogP contribution in [0.3, 0.4) is 0 Å². The lowest BCUT2D eigenvalue weighted by molar-refractivity contribution is -0.00278. The average molecular weight is 299 g/mol. The number of carboxylic acid groups (broad SMARTS) is 1. The van der Waals surface area contributed by atoms with Gasteiger partial charge in [-0.2, -0.15) is 4.31 Å². The summed E-state index contributed by atoms with van der Waals surface area (Å²) in [7, 11) is -3.67. The summed E-state index contributed by atoms with van der Waals surface area (Å²) in [4.78, 5) is 10.9. The van der Waals surface area contributed by atoms with Crippen LogP contribution in [0.5, 0.6) is 0 Å². The average Bonchev–Trinajstić information content (AvgIpc) is 2.47. The molecule has 1 saturated heterocycles. The molecule has 1 heterocycles. The minimum Gasteiger partial charge on any atom is -0.478 e. The van der Waals surface area contributed by atoms with E-state index >= 15 is 0 Å². The van der Waals surface area contributed by atoms with E-state index in [2.05, 4.69) is 0 Å². The molecule has 0 bridgehead atoms. The molecule has 0 radical (unpaired) electrons. The van der Waals surface area contributed by atoms with Crippen molar-refractivity contribution in [1.82, 2.24) is 4.31 Å². The number of sulfonamides is 1. The number of aromatic carboxylic acids is 1. The van der Waals surface area contributed by atoms with Crippen LogP contribution in [0.15, 0.2) is 29.2 Å². The Balaban J connectivity index is 2.30. The Hall–Kier alpha value is -1.44. The molecule has 0 aromatic heterocycles. The standard InChI is InChI=1S/C13H17NO5S/c1-2-11-9-14(6-7-19-11)20(17,18)12-5-3-4-10(8-12)13(15)16/h3-5,8,11H,2,6-7,9H2,1H3,(H,15,16)/t11-/m0/s1. The molecule has 1 N–H and O–H groups in total. The van der Waals surface area contributed by atoms with E-state index in [-0.39, 0.29) is 23.1 Å². The Morgan fingerprint density at radius 3 is 2.90 bits per heavy atom. The van der Waals surface area contributed by atoms with Crippen molar-refractivity contribution in [3.05, 3.63) is 29.8 Å². The molecule has 0 aliphatic carbocycles. The van der Waals surface area contributed by atoms with Crippen molar-refractivity contribution < 1.29 is 23.1 Å². The van der Waals surface area contributed by atoms with E-state index in [1.54, 1.807) is 0 Å². The molecule has 0 amide bonds. The molecule has 20 heavy (non-hydrogen) atoms. The summed E-state index contributed by atoms with van der Waals surface area (Å²) in [5, 5.41) is 8.94. The highest BCUT2D eigenvalue weighted by Crippen LogP contribution is 2.20. The summed E-state index contributed by atoms with van der Waals surface area (Å²) in [5.74, 6) is -1.14. The van der Waals surface area contributed by atoms with Crippen molar-refractivity contribution in [1.29, 1.82) is 0 Å². The number of carbonyl (C=O) groups is 1. The monoisotopic (exact) mass is 299 g/mol. The van der Waals surface area contributed by atoms with Gasteiger partial charge >= 0.3 is 5.97 Å². The molecular weight excluding hydrogens is 282 g/mol. The Kier molecular flexibility index (Phi) is 4.42. The molecule has 0 unspecified atom stereocenters. The maximum atomic E-state index is 12.5. The summed E-state index contributed by atoms with van der Waals surface area (Å²) in [5.41, 5.74) is -0.0358. The van der Waals surface area contributed by atoms with Crippen molar-refractivity contribution in [2.24, 2.45) is 0 Å². The number of hydrogen-bond acceptors (Lipinski definition) is 4. The predicted molar refractivity (Wildman–Crippen MR) is 72.2 cm³/mol. The molecular formula is C13H17NO5S. The van der Waals surface area contributed by atoms with Gasteiger partial charge in [0.05, 0.1) is 23.2 Å². The molecule has 1 atom stereocenters. The predicted octanol–water partition coefficient (Wildman–Crippen LogP) is 1.18. The number of hydrogen-bond donors (Lipinski definition) is 1. The molecule has 1 aromatic carbocycles. The van der Waals surface area contributed by atoms with Crippen LogP contribution < -0.4 is 0 Å². The van der Waals surface area contributed by atoms with Crippen LogP contribution in [0.2, 0.25) is 0 Å². The molecule has 1 fully saturated rings.